The van der Waals surface area contributed by atoms with Gasteiger partial charge in [-0.3, -0.25) is 4.68 Å². The first-order chi connectivity index (χ1) is 10.5. The van der Waals surface area contributed by atoms with Crippen LogP contribution < -0.4 is 4.74 Å². The van der Waals surface area contributed by atoms with E-state index in [0.717, 1.165) is 23.9 Å². The minimum Gasteiger partial charge on any atom is -0.475 e. The summed E-state index contributed by atoms with van der Waals surface area (Å²) in [6.07, 6.45) is 4.08. The number of hydrogen-bond donors (Lipinski definition) is 0. The Kier molecular flexibility index (Phi) is 2.96. The van der Waals surface area contributed by atoms with Crippen LogP contribution in [0.25, 0.3) is 11.0 Å². The largest absolute Gasteiger partial charge is 0.475 e. The first-order valence-electron chi connectivity index (χ1n) is 7.71. The molecule has 0 spiro atoms. The van der Waals surface area contributed by atoms with Crippen molar-refractivity contribution in [3.63, 3.8) is 0 Å². The summed E-state index contributed by atoms with van der Waals surface area (Å²) in [4.78, 5) is 4.49. The molecule has 1 aliphatic carbocycles. The molecular formula is C16H21N3O3. The summed E-state index contributed by atoms with van der Waals surface area (Å²) in [6.45, 7) is 5.33. The second-order valence-corrected chi connectivity index (χ2v) is 6.79. The van der Waals surface area contributed by atoms with E-state index >= 15 is 0 Å². The Bertz CT molecular complexity index is 704. The molecule has 0 amide bonds. The third kappa shape index (κ3) is 2.01. The fraction of sp³-hybridized carbons (Fsp3) is 0.625. The highest BCUT2D eigenvalue weighted by atomic mass is 16.6. The number of aromatic nitrogens is 3. The molecule has 0 atom stereocenters. The van der Waals surface area contributed by atoms with Crippen molar-refractivity contribution in [3.05, 3.63) is 18.3 Å². The van der Waals surface area contributed by atoms with E-state index in [4.69, 9.17) is 14.2 Å². The summed E-state index contributed by atoms with van der Waals surface area (Å²) < 4.78 is 18.9. The average Bonchev–Trinajstić information content (AvgIpc) is 3.08. The van der Waals surface area contributed by atoms with Crippen LogP contribution in [0.1, 0.15) is 26.7 Å². The van der Waals surface area contributed by atoms with E-state index in [1.54, 1.807) is 7.11 Å². The second-order valence-electron chi connectivity index (χ2n) is 6.79. The SMILES string of the molecule is COCC12CC(n3cc4ccc(OC(C)C)nc4n3)(CO1)C2. The zero-order valence-corrected chi connectivity index (χ0v) is 13.2. The van der Waals surface area contributed by atoms with Crippen molar-refractivity contribution in [1.82, 2.24) is 14.8 Å². The summed E-state index contributed by atoms with van der Waals surface area (Å²) >= 11 is 0. The van der Waals surface area contributed by atoms with Gasteiger partial charge >= 0.3 is 0 Å². The van der Waals surface area contributed by atoms with E-state index in [2.05, 4.69) is 16.3 Å². The van der Waals surface area contributed by atoms with Crippen LogP contribution in [0.5, 0.6) is 5.88 Å². The van der Waals surface area contributed by atoms with Gasteiger partial charge in [0.25, 0.3) is 0 Å². The third-order valence-corrected chi connectivity index (χ3v) is 4.54. The number of rotatable bonds is 5. The quantitative estimate of drug-likeness (QED) is 0.847. The molecule has 0 unspecified atom stereocenters. The van der Waals surface area contributed by atoms with Gasteiger partial charge < -0.3 is 14.2 Å². The molecule has 2 aromatic heterocycles. The molecule has 3 aliphatic rings. The number of nitrogens with zero attached hydrogens (tertiary/aromatic N) is 3. The topological polar surface area (TPSA) is 58.4 Å². The van der Waals surface area contributed by atoms with E-state index in [-0.39, 0.29) is 17.2 Å². The van der Waals surface area contributed by atoms with Gasteiger partial charge in [-0.15, -0.1) is 0 Å². The zero-order chi connectivity index (χ0) is 15.4. The molecule has 6 nitrogen and oxygen atoms in total. The molecule has 0 N–H and O–H groups in total. The van der Waals surface area contributed by atoms with Crippen molar-refractivity contribution < 1.29 is 14.2 Å². The normalized spacial score (nSPS) is 30.0. The Hall–Kier alpha value is -1.66. The number of methoxy groups -OCH3 is 1. The molecule has 0 aromatic carbocycles. The fourth-order valence-corrected chi connectivity index (χ4v) is 3.71. The lowest BCUT2D eigenvalue weighted by atomic mass is 9.69. The highest BCUT2D eigenvalue weighted by Gasteiger charge is 2.64. The smallest absolute Gasteiger partial charge is 0.215 e. The third-order valence-electron chi connectivity index (χ3n) is 4.54. The van der Waals surface area contributed by atoms with Crippen LogP contribution in [-0.2, 0) is 15.0 Å². The molecule has 2 aromatic rings. The van der Waals surface area contributed by atoms with E-state index in [1.165, 1.54) is 0 Å². The molecule has 118 valence electrons. The average molecular weight is 303 g/mol. The standard InChI is InChI=1S/C16H21N3O3/c1-11(2)22-13-5-4-12-6-19(18-14(12)17-13)15-7-16(8-15,10-20-3)21-9-15/h4-6,11H,7-10H2,1-3H3. The molecule has 2 bridgehead atoms. The monoisotopic (exact) mass is 303 g/mol. The van der Waals surface area contributed by atoms with Gasteiger partial charge in [-0.25, -0.2) is 0 Å². The van der Waals surface area contributed by atoms with Crippen LogP contribution in [0.2, 0.25) is 0 Å². The molecule has 4 heterocycles. The van der Waals surface area contributed by atoms with Crippen molar-refractivity contribution in [2.75, 3.05) is 20.3 Å². The first kappa shape index (κ1) is 14.0. The van der Waals surface area contributed by atoms with Gasteiger partial charge in [-0.05, 0) is 19.9 Å². The van der Waals surface area contributed by atoms with Crippen LogP contribution in [0, 0.1) is 0 Å². The summed E-state index contributed by atoms with van der Waals surface area (Å²) in [5.41, 5.74) is 0.591. The number of fused-ring (bicyclic) bond motifs is 2. The van der Waals surface area contributed by atoms with Crippen LogP contribution in [0.15, 0.2) is 18.3 Å². The maximum Gasteiger partial charge on any atom is 0.215 e. The van der Waals surface area contributed by atoms with Crippen molar-refractivity contribution in [3.8, 4) is 5.88 Å². The van der Waals surface area contributed by atoms with E-state index in [0.29, 0.717) is 19.1 Å². The van der Waals surface area contributed by atoms with Crippen LogP contribution >= 0.6 is 0 Å². The van der Waals surface area contributed by atoms with Gasteiger partial charge in [-0.2, -0.15) is 10.1 Å². The lowest BCUT2D eigenvalue weighted by Crippen LogP contribution is -2.53. The van der Waals surface area contributed by atoms with E-state index < -0.39 is 0 Å². The second kappa shape index (κ2) is 4.67. The maximum atomic E-state index is 5.95. The predicted molar refractivity (Wildman–Crippen MR) is 81.1 cm³/mol. The first-order valence-corrected chi connectivity index (χ1v) is 7.71. The van der Waals surface area contributed by atoms with Crippen LogP contribution in [0.3, 0.4) is 0 Å². The number of hydrogen-bond acceptors (Lipinski definition) is 5. The van der Waals surface area contributed by atoms with Crippen molar-refractivity contribution in [2.45, 2.75) is 43.9 Å². The van der Waals surface area contributed by atoms with Gasteiger partial charge in [0.1, 0.15) is 0 Å². The van der Waals surface area contributed by atoms with Gasteiger partial charge in [0.05, 0.1) is 30.5 Å². The zero-order valence-electron chi connectivity index (χ0n) is 13.2. The van der Waals surface area contributed by atoms with Gasteiger partial charge in [0.15, 0.2) is 5.65 Å². The molecule has 1 saturated carbocycles. The minimum atomic E-state index is -0.105. The molecule has 2 saturated heterocycles. The molecule has 3 fully saturated rings. The number of ether oxygens (including phenoxy) is 3. The Balaban J connectivity index is 1.62. The molecule has 2 aliphatic heterocycles. The summed E-state index contributed by atoms with van der Waals surface area (Å²) in [5, 5.41) is 5.70. The lowest BCUT2D eigenvalue weighted by molar-refractivity contribution is -0.0694. The van der Waals surface area contributed by atoms with Gasteiger partial charge in [0, 0.05) is 37.6 Å². The lowest BCUT2D eigenvalue weighted by Gasteiger charge is -2.43. The van der Waals surface area contributed by atoms with E-state index in [1.807, 2.05) is 30.7 Å². The summed E-state index contributed by atoms with van der Waals surface area (Å²) in [5.74, 6) is 0.621. The highest BCUT2D eigenvalue weighted by molar-refractivity contribution is 5.74. The Morgan fingerprint density at radius 3 is 2.91 bits per heavy atom. The Morgan fingerprint density at radius 1 is 1.36 bits per heavy atom. The molecule has 6 heteroatoms. The van der Waals surface area contributed by atoms with Crippen molar-refractivity contribution >= 4 is 11.0 Å². The molecule has 5 rings (SSSR count). The van der Waals surface area contributed by atoms with E-state index in [9.17, 15) is 0 Å². The Labute approximate surface area is 129 Å². The van der Waals surface area contributed by atoms with Crippen molar-refractivity contribution in [1.29, 1.82) is 0 Å². The number of pyridine rings is 1. The van der Waals surface area contributed by atoms with Crippen LogP contribution in [0.4, 0.5) is 0 Å². The highest BCUT2D eigenvalue weighted by Crippen LogP contribution is 2.56. The summed E-state index contributed by atoms with van der Waals surface area (Å²) in [6, 6.07) is 3.91. The minimum absolute atomic E-state index is 0.0295. The Morgan fingerprint density at radius 2 is 2.18 bits per heavy atom. The fourth-order valence-electron chi connectivity index (χ4n) is 3.71. The summed E-state index contributed by atoms with van der Waals surface area (Å²) in [7, 11) is 1.72. The molecule has 22 heavy (non-hydrogen) atoms. The van der Waals surface area contributed by atoms with Gasteiger partial charge in [-0.1, -0.05) is 0 Å². The van der Waals surface area contributed by atoms with Crippen molar-refractivity contribution in [2.24, 2.45) is 0 Å². The van der Waals surface area contributed by atoms with Gasteiger partial charge in [0.2, 0.25) is 5.88 Å². The maximum absolute atomic E-state index is 5.95. The van der Waals surface area contributed by atoms with Crippen LogP contribution in [-0.4, -0.2) is 46.8 Å². The molecular weight excluding hydrogens is 282 g/mol. The predicted octanol–water partition coefficient (Wildman–Crippen LogP) is 2.12. The molecule has 0 radical (unpaired) electrons.